The van der Waals surface area contributed by atoms with E-state index in [0.29, 0.717) is 70.7 Å². The molecule has 6 nitrogen and oxygen atoms in total. The fourth-order valence-electron chi connectivity index (χ4n) is 4.20. The summed E-state index contributed by atoms with van der Waals surface area (Å²) in [7, 11) is 0. The Morgan fingerprint density at radius 2 is 1.94 bits per heavy atom. The number of halogens is 3. The number of amides is 1. The topological polar surface area (TPSA) is 77.5 Å². The largest absolute Gasteiger partial charge is 0.493 e. The molecule has 0 fully saturated rings. The maximum absolute atomic E-state index is 13.6. The zero-order chi connectivity index (χ0) is 24.5. The highest BCUT2D eigenvalue weighted by Crippen LogP contribution is 2.37. The Morgan fingerprint density at radius 1 is 1.15 bits per heavy atom. The number of hydrogen-bond acceptors (Lipinski definition) is 5. The predicted molar refractivity (Wildman–Crippen MR) is 119 cm³/mol. The summed E-state index contributed by atoms with van der Waals surface area (Å²) in [6.07, 6.45) is -2.24. The molecule has 9 heteroatoms. The molecule has 1 N–H and O–H groups in total. The maximum atomic E-state index is 13.6. The van der Waals surface area contributed by atoms with Gasteiger partial charge in [0.2, 0.25) is 5.88 Å². The standard InChI is InChI=1S/C25H23F3N2O4/c1-3-33-23-19-7-4-6-17(16(19)11-12-29-23)21(31)20-10-9-15(18-8-5-13-34-22(18)20)14(2)30-24(32)25(26,27)28/h4,6-7,9-12,14H,3,5,8,13H2,1-2H3,(H,30,32)/t14-/m0/s1. The lowest BCUT2D eigenvalue weighted by Gasteiger charge is -2.26. The van der Waals surface area contributed by atoms with Gasteiger partial charge in [-0.25, -0.2) is 4.98 Å². The van der Waals surface area contributed by atoms with Crippen molar-refractivity contribution < 1.29 is 32.2 Å². The number of carbonyl (C=O) groups excluding carboxylic acids is 2. The van der Waals surface area contributed by atoms with Crippen LogP contribution >= 0.6 is 0 Å². The Balaban J connectivity index is 1.76. The summed E-state index contributed by atoms with van der Waals surface area (Å²) < 4.78 is 49.6. The molecule has 0 bridgehead atoms. The van der Waals surface area contributed by atoms with Crippen molar-refractivity contribution in [2.75, 3.05) is 13.2 Å². The molecule has 2 heterocycles. The van der Waals surface area contributed by atoms with Crippen LogP contribution in [0, 0.1) is 0 Å². The number of aromatic nitrogens is 1. The first kappa shape index (κ1) is 23.5. The van der Waals surface area contributed by atoms with Gasteiger partial charge < -0.3 is 14.8 Å². The summed E-state index contributed by atoms with van der Waals surface area (Å²) in [6.45, 7) is 4.13. The van der Waals surface area contributed by atoms with E-state index in [4.69, 9.17) is 9.47 Å². The van der Waals surface area contributed by atoms with Crippen molar-refractivity contribution in [1.29, 1.82) is 0 Å². The molecule has 3 aromatic rings. The highest BCUT2D eigenvalue weighted by Gasteiger charge is 2.39. The average molecular weight is 472 g/mol. The van der Waals surface area contributed by atoms with Crippen LogP contribution in [0.4, 0.5) is 13.2 Å². The van der Waals surface area contributed by atoms with Crippen molar-refractivity contribution in [3.8, 4) is 11.6 Å². The van der Waals surface area contributed by atoms with Gasteiger partial charge in [-0.15, -0.1) is 0 Å². The molecular weight excluding hydrogens is 449 g/mol. The molecule has 0 radical (unpaired) electrons. The van der Waals surface area contributed by atoms with E-state index in [1.165, 1.54) is 6.92 Å². The number of fused-ring (bicyclic) bond motifs is 2. The molecule has 1 aromatic heterocycles. The fraction of sp³-hybridized carbons (Fsp3) is 0.320. The van der Waals surface area contributed by atoms with Gasteiger partial charge in [-0.05, 0) is 55.8 Å². The van der Waals surface area contributed by atoms with E-state index >= 15 is 0 Å². The van der Waals surface area contributed by atoms with E-state index in [-0.39, 0.29) is 5.78 Å². The molecule has 34 heavy (non-hydrogen) atoms. The van der Waals surface area contributed by atoms with Crippen molar-refractivity contribution in [3.05, 3.63) is 64.8 Å². The Hall–Kier alpha value is -3.62. The molecule has 0 saturated heterocycles. The summed E-state index contributed by atoms with van der Waals surface area (Å²) in [4.78, 5) is 29.3. The third-order valence-electron chi connectivity index (χ3n) is 5.73. The van der Waals surface area contributed by atoms with Crippen LogP contribution in [0.25, 0.3) is 10.8 Å². The first-order chi connectivity index (χ1) is 16.2. The lowest BCUT2D eigenvalue weighted by Crippen LogP contribution is -2.38. The zero-order valence-corrected chi connectivity index (χ0v) is 18.7. The Labute approximate surface area is 194 Å². The Bertz CT molecular complexity index is 1260. The number of nitrogens with one attached hydrogen (secondary N) is 1. The van der Waals surface area contributed by atoms with Gasteiger partial charge in [0.05, 0.1) is 24.8 Å². The molecule has 0 saturated carbocycles. The minimum atomic E-state index is -4.98. The van der Waals surface area contributed by atoms with Crippen LogP contribution in [-0.4, -0.2) is 36.1 Å². The molecule has 178 valence electrons. The van der Waals surface area contributed by atoms with Gasteiger partial charge in [0, 0.05) is 22.7 Å². The molecule has 1 aliphatic rings. The van der Waals surface area contributed by atoms with E-state index in [1.807, 2.05) is 18.3 Å². The minimum Gasteiger partial charge on any atom is -0.493 e. The normalized spacial score (nSPS) is 14.1. The van der Waals surface area contributed by atoms with Crippen molar-refractivity contribution >= 4 is 22.5 Å². The second-order valence-electron chi connectivity index (χ2n) is 7.93. The van der Waals surface area contributed by atoms with Crippen LogP contribution < -0.4 is 14.8 Å². The van der Waals surface area contributed by atoms with E-state index < -0.39 is 18.1 Å². The van der Waals surface area contributed by atoms with E-state index in [2.05, 4.69) is 4.98 Å². The third-order valence-corrected chi connectivity index (χ3v) is 5.73. The van der Waals surface area contributed by atoms with Gasteiger partial charge in [0.15, 0.2) is 5.78 Å². The monoisotopic (exact) mass is 472 g/mol. The smallest absolute Gasteiger partial charge is 0.471 e. The molecule has 1 amide bonds. The van der Waals surface area contributed by atoms with Gasteiger partial charge >= 0.3 is 12.1 Å². The molecule has 4 rings (SSSR count). The van der Waals surface area contributed by atoms with Crippen LogP contribution in [0.2, 0.25) is 0 Å². The molecule has 0 aliphatic carbocycles. The quantitative estimate of drug-likeness (QED) is 0.515. The Morgan fingerprint density at radius 3 is 2.68 bits per heavy atom. The lowest BCUT2D eigenvalue weighted by atomic mass is 9.89. The van der Waals surface area contributed by atoms with Crippen molar-refractivity contribution in [1.82, 2.24) is 10.3 Å². The van der Waals surface area contributed by atoms with Crippen molar-refractivity contribution in [3.63, 3.8) is 0 Å². The highest BCUT2D eigenvalue weighted by atomic mass is 19.4. The summed E-state index contributed by atoms with van der Waals surface area (Å²) >= 11 is 0. The number of pyridine rings is 1. The van der Waals surface area contributed by atoms with E-state index in [0.717, 1.165) is 0 Å². The summed E-state index contributed by atoms with van der Waals surface area (Å²) in [5.74, 6) is -1.52. The number of hydrogen-bond donors (Lipinski definition) is 1. The van der Waals surface area contributed by atoms with Crippen molar-refractivity contribution in [2.45, 2.75) is 38.9 Å². The fourth-order valence-corrected chi connectivity index (χ4v) is 4.20. The summed E-state index contributed by atoms with van der Waals surface area (Å²) in [5.41, 5.74) is 1.87. The van der Waals surface area contributed by atoms with E-state index in [1.54, 1.807) is 36.5 Å². The molecule has 2 aromatic carbocycles. The number of ether oxygens (including phenoxy) is 2. The van der Waals surface area contributed by atoms with Gasteiger partial charge in [-0.1, -0.05) is 18.2 Å². The van der Waals surface area contributed by atoms with Crippen LogP contribution in [0.1, 0.15) is 53.4 Å². The molecule has 1 aliphatic heterocycles. The number of alkyl halides is 3. The minimum absolute atomic E-state index is 0.282. The second-order valence-corrected chi connectivity index (χ2v) is 7.93. The number of benzene rings is 2. The first-order valence-corrected chi connectivity index (χ1v) is 10.9. The number of nitrogens with zero attached hydrogens (tertiary/aromatic N) is 1. The number of rotatable bonds is 6. The van der Waals surface area contributed by atoms with Crippen LogP contribution in [0.3, 0.4) is 0 Å². The van der Waals surface area contributed by atoms with Gasteiger partial charge in [0.25, 0.3) is 0 Å². The third kappa shape index (κ3) is 4.42. The molecular formula is C25H23F3N2O4. The van der Waals surface area contributed by atoms with E-state index in [9.17, 15) is 22.8 Å². The molecule has 0 spiro atoms. The number of ketones is 1. The SMILES string of the molecule is CCOc1nccc2c(C(=O)c3ccc([C@H](C)NC(=O)C(F)(F)F)c4c3OCCC4)cccc12. The summed E-state index contributed by atoms with van der Waals surface area (Å²) in [6, 6.07) is 9.23. The van der Waals surface area contributed by atoms with Crippen LogP contribution in [0.5, 0.6) is 11.6 Å². The van der Waals surface area contributed by atoms with Gasteiger partial charge in [0.1, 0.15) is 5.75 Å². The average Bonchev–Trinajstić information content (AvgIpc) is 2.82. The van der Waals surface area contributed by atoms with Crippen molar-refractivity contribution in [2.24, 2.45) is 0 Å². The zero-order valence-electron chi connectivity index (χ0n) is 18.7. The first-order valence-electron chi connectivity index (χ1n) is 10.9. The highest BCUT2D eigenvalue weighted by molar-refractivity contribution is 6.18. The maximum Gasteiger partial charge on any atom is 0.471 e. The van der Waals surface area contributed by atoms with Gasteiger partial charge in [-0.2, -0.15) is 13.2 Å². The lowest BCUT2D eigenvalue weighted by molar-refractivity contribution is -0.174. The number of carbonyl (C=O) groups is 2. The van der Waals surface area contributed by atoms with Crippen LogP contribution in [0.15, 0.2) is 42.6 Å². The second kappa shape index (κ2) is 9.32. The molecule has 1 atom stereocenters. The summed E-state index contributed by atoms with van der Waals surface area (Å²) in [5, 5.41) is 3.35. The predicted octanol–water partition coefficient (Wildman–Crippen LogP) is 4.93. The Kier molecular flexibility index (Phi) is 6.45. The van der Waals surface area contributed by atoms with Gasteiger partial charge in [-0.3, -0.25) is 9.59 Å². The molecule has 0 unspecified atom stereocenters. The van der Waals surface area contributed by atoms with Crippen LogP contribution in [-0.2, 0) is 11.2 Å².